The third-order valence-electron chi connectivity index (χ3n) is 7.04. The van der Waals surface area contributed by atoms with Crippen molar-refractivity contribution in [3.8, 4) is 0 Å². The molecule has 31 heavy (non-hydrogen) atoms. The van der Waals surface area contributed by atoms with Crippen molar-refractivity contribution in [3.05, 3.63) is 34.9 Å². The van der Waals surface area contributed by atoms with E-state index < -0.39 is 11.5 Å². The molecule has 1 aliphatic heterocycles. The second-order valence-corrected chi connectivity index (χ2v) is 9.42. The Hall–Kier alpha value is -1.67. The number of nitrogens with zero attached hydrogens (tertiary/aromatic N) is 2. The first-order chi connectivity index (χ1) is 14.9. The fraction of sp³-hybridized carbons (Fsp3) is 0.652. The normalized spacial score (nSPS) is 20.8. The quantitative estimate of drug-likeness (QED) is 0.337. The fourth-order valence-electron chi connectivity index (χ4n) is 5.10. The first-order valence-corrected chi connectivity index (χ1v) is 11.9. The molecular weight excluding hydrogens is 414 g/mol. The summed E-state index contributed by atoms with van der Waals surface area (Å²) in [5, 5.41) is 3.95. The summed E-state index contributed by atoms with van der Waals surface area (Å²) in [5.41, 5.74) is 9.64. The summed E-state index contributed by atoms with van der Waals surface area (Å²) in [5.74, 6) is 6.28. The Morgan fingerprint density at radius 1 is 1.19 bits per heavy atom. The van der Waals surface area contributed by atoms with Crippen molar-refractivity contribution in [2.45, 2.75) is 64.3 Å². The van der Waals surface area contributed by atoms with Crippen molar-refractivity contribution < 1.29 is 9.59 Å². The van der Waals surface area contributed by atoms with E-state index in [9.17, 15) is 9.59 Å². The molecule has 0 radical (unpaired) electrons. The molecule has 5 N–H and O–H groups in total. The summed E-state index contributed by atoms with van der Waals surface area (Å²) >= 11 is 5.92. The van der Waals surface area contributed by atoms with E-state index in [1.165, 1.54) is 24.3 Å². The Balaban J connectivity index is 1.59. The van der Waals surface area contributed by atoms with Gasteiger partial charge in [-0.05, 0) is 62.6 Å². The number of carbonyl (C=O) groups is 2. The van der Waals surface area contributed by atoms with Gasteiger partial charge in [0, 0.05) is 24.7 Å². The van der Waals surface area contributed by atoms with Crippen LogP contribution in [-0.4, -0.2) is 47.5 Å². The van der Waals surface area contributed by atoms with Gasteiger partial charge < -0.3 is 5.73 Å². The van der Waals surface area contributed by atoms with Crippen LogP contribution < -0.4 is 17.0 Å². The van der Waals surface area contributed by atoms with Gasteiger partial charge in [0.05, 0.1) is 11.5 Å². The number of hydrazine groups is 2. The summed E-state index contributed by atoms with van der Waals surface area (Å²) in [6.07, 6.45) is 7.62. The first kappa shape index (κ1) is 24.0. The van der Waals surface area contributed by atoms with Crippen molar-refractivity contribution in [1.29, 1.82) is 0 Å². The zero-order valence-corrected chi connectivity index (χ0v) is 19.2. The maximum atomic E-state index is 13.3. The summed E-state index contributed by atoms with van der Waals surface area (Å²) < 4.78 is 0. The van der Waals surface area contributed by atoms with E-state index in [0.717, 1.165) is 18.4 Å². The summed E-state index contributed by atoms with van der Waals surface area (Å²) in [7, 11) is 0. The van der Waals surface area contributed by atoms with Gasteiger partial charge in [-0.1, -0.05) is 43.0 Å². The summed E-state index contributed by atoms with van der Waals surface area (Å²) in [6.45, 7) is 3.66. The summed E-state index contributed by atoms with van der Waals surface area (Å²) in [6, 6.07) is 6.71. The van der Waals surface area contributed by atoms with Crippen LogP contribution in [0.15, 0.2) is 24.3 Å². The Labute approximate surface area is 190 Å². The van der Waals surface area contributed by atoms with E-state index in [2.05, 4.69) is 5.43 Å². The van der Waals surface area contributed by atoms with Gasteiger partial charge in [-0.25, -0.2) is 10.9 Å². The molecule has 1 heterocycles. The second-order valence-electron chi connectivity index (χ2n) is 8.98. The highest BCUT2D eigenvalue weighted by molar-refractivity contribution is 6.30. The highest BCUT2D eigenvalue weighted by atomic mass is 35.5. The predicted molar refractivity (Wildman–Crippen MR) is 123 cm³/mol. The molecule has 0 bridgehead atoms. The maximum absolute atomic E-state index is 13.3. The fourth-order valence-corrected chi connectivity index (χ4v) is 5.23. The van der Waals surface area contributed by atoms with Crippen LogP contribution in [0.4, 0.5) is 0 Å². The van der Waals surface area contributed by atoms with Crippen molar-refractivity contribution in [1.82, 2.24) is 15.4 Å². The molecule has 2 aliphatic rings. The van der Waals surface area contributed by atoms with Gasteiger partial charge in [0.2, 0.25) is 5.91 Å². The van der Waals surface area contributed by atoms with E-state index in [1.54, 1.807) is 12.1 Å². The number of halogens is 1. The number of hydrogen-bond donors (Lipinski definition) is 3. The van der Waals surface area contributed by atoms with E-state index >= 15 is 0 Å². The minimum absolute atomic E-state index is 0.0623. The lowest BCUT2D eigenvalue weighted by atomic mass is 9.63. The van der Waals surface area contributed by atoms with Crippen LogP contribution in [-0.2, 0) is 16.0 Å². The lowest BCUT2D eigenvalue weighted by molar-refractivity contribution is -0.152. The zero-order chi connectivity index (χ0) is 22.4. The molecule has 0 aromatic heterocycles. The molecule has 7 nitrogen and oxygen atoms in total. The van der Waals surface area contributed by atoms with Gasteiger partial charge in [-0.15, -0.1) is 0 Å². The van der Waals surface area contributed by atoms with Gasteiger partial charge in [0.25, 0.3) is 5.91 Å². The molecule has 1 atom stereocenters. The maximum Gasteiger partial charge on any atom is 0.251 e. The average molecular weight is 450 g/mol. The molecule has 0 spiro atoms. The molecule has 1 saturated heterocycles. The van der Waals surface area contributed by atoms with Gasteiger partial charge in [0.1, 0.15) is 0 Å². The Morgan fingerprint density at radius 3 is 2.39 bits per heavy atom. The third-order valence-corrected chi connectivity index (χ3v) is 7.30. The number of carbonyl (C=O) groups excluding carboxylic acids is 2. The van der Waals surface area contributed by atoms with E-state index in [-0.39, 0.29) is 11.8 Å². The molecular formula is C23H36ClN5O2. The number of piperidine rings is 1. The monoisotopic (exact) mass is 449 g/mol. The summed E-state index contributed by atoms with van der Waals surface area (Å²) in [4.78, 5) is 25.9. The lowest BCUT2D eigenvalue weighted by Gasteiger charge is -2.47. The molecule has 172 valence electrons. The number of rotatable bonds is 7. The molecule has 1 aromatic rings. The number of nitrogens with two attached hydrogens (primary N) is 2. The van der Waals surface area contributed by atoms with Crippen LogP contribution in [0.2, 0.25) is 5.02 Å². The number of amides is 2. The van der Waals surface area contributed by atoms with Gasteiger partial charge >= 0.3 is 0 Å². The third kappa shape index (κ3) is 5.77. The van der Waals surface area contributed by atoms with Crippen LogP contribution in [0.5, 0.6) is 0 Å². The highest BCUT2D eigenvalue weighted by Gasteiger charge is 2.48. The molecule has 2 amide bonds. The van der Waals surface area contributed by atoms with Crippen molar-refractivity contribution in [2.24, 2.45) is 22.9 Å². The molecule has 0 unspecified atom stereocenters. The minimum atomic E-state index is -0.646. The molecule has 3 rings (SSSR count). The standard InChI is InChI=1S/C23H36ClN5O2/c1-2-29(26)22(31)23(18-6-4-3-5-7-18)12-14-28(15-13-23)27-21(30)20(25)16-17-8-10-19(24)11-9-17/h8-11,18,20H,2-7,12-16,25-26H2,1H3,(H,27,30)/t20-/m1/s1. The van der Waals surface area contributed by atoms with Gasteiger partial charge in [-0.2, -0.15) is 0 Å². The Morgan fingerprint density at radius 2 is 1.81 bits per heavy atom. The van der Waals surface area contributed by atoms with Crippen molar-refractivity contribution in [3.63, 3.8) is 0 Å². The first-order valence-electron chi connectivity index (χ1n) is 11.5. The molecule has 2 fully saturated rings. The molecule has 1 aliphatic carbocycles. The lowest BCUT2D eigenvalue weighted by Crippen LogP contribution is -2.59. The number of nitrogens with one attached hydrogen (secondary N) is 1. The number of benzene rings is 1. The number of hydrogen-bond acceptors (Lipinski definition) is 5. The Bertz CT molecular complexity index is 743. The van der Waals surface area contributed by atoms with Crippen molar-refractivity contribution in [2.75, 3.05) is 19.6 Å². The SMILES string of the molecule is CCN(N)C(=O)C1(C2CCCCC2)CCN(NC(=O)[C@H](N)Cc2ccc(Cl)cc2)CC1. The van der Waals surface area contributed by atoms with E-state index in [0.29, 0.717) is 49.8 Å². The predicted octanol–water partition coefficient (Wildman–Crippen LogP) is 2.63. The smallest absolute Gasteiger partial charge is 0.251 e. The van der Waals surface area contributed by atoms with Gasteiger partial charge in [-0.3, -0.25) is 20.0 Å². The van der Waals surface area contributed by atoms with Crippen LogP contribution >= 0.6 is 11.6 Å². The van der Waals surface area contributed by atoms with Crippen LogP contribution in [0, 0.1) is 11.3 Å². The highest BCUT2D eigenvalue weighted by Crippen LogP contribution is 2.46. The van der Waals surface area contributed by atoms with Crippen LogP contribution in [0.3, 0.4) is 0 Å². The Kier molecular flexibility index (Phi) is 8.33. The zero-order valence-electron chi connectivity index (χ0n) is 18.5. The van der Waals surface area contributed by atoms with Crippen LogP contribution in [0.25, 0.3) is 0 Å². The molecule has 1 saturated carbocycles. The molecule has 8 heteroatoms. The average Bonchev–Trinajstić information content (AvgIpc) is 2.80. The second kappa shape index (κ2) is 10.8. The van der Waals surface area contributed by atoms with Gasteiger partial charge in [0.15, 0.2) is 0 Å². The molecule has 1 aromatic carbocycles. The largest absolute Gasteiger partial charge is 0.320 e. The van der Waals surface area contributed by atoms with Crippen molar-refractivity contribution >= 4 is 23.4 Å². The van der Waals surface area contributed by atoms with Crippen LogP contribution in [0.1, 0.15) is 57.4 Å². The topological polar surface area (TPSA) is 105 Å². The van der Waals surface area contributed by atoms with E-state index in [1.807, 2.05) is 24.1 Å². The minimum Gasteiger partial charge on any atom is -0.320 e. The van der Waals surface area contributed by atoms with E-state index in [4.69, 9.17) is 23.2 Å².